The second kappa shape index (κ2) is 11.2. The highest BCUT2D eigenvalue weighted by atomic mass is 16.5. The minimum absolute atomic E-state index is 0.274. The van der Waals surface area contributed by atoms with Gasteiger partial charge >= 0.3 is 0 Å². The molecule has 114 valence electrons. The first-order chi connectivity index (χ1) is 10.2. The summed E-state index contributed by atoms with van der Waals surface area (Å²) in [5.74, 6) is 1.46. The molecule has 6 nitrogen and oxygen atoms in total. The van der Waals surface area contributed by atoms with Gasteiger partial charge in [0.25, 0.3) is 0 Å². The normalized spacial score (nSPS) is 11.1. The summed E-state index contributed by atoms with van der Waals surface area (Å²) in [5.41, 5.74) is 6.83. The maximum atomic E-state index is 5.69. The van der Waals surface area contributed by atoms with Crippen LogP contribution in [0.2, 0.25) is 0 Å². The molecule has 3 N–H and O–H groups in total. The lowest BCUT2D eigenvalue weighted by molar-refractivity contribution is 0.414. The van der Waals surface area contributed by atoms with Crippen LogP contribution in [0, 0.1) is 0 Å². The summed E-state index contributed by atoms with van der Waals surface area (Å²) in [6.07, 6.45) is 0.777. The molecule has 0 aliphatic heterocycles. The van der Waals surface area contributed by atoms with Crippen molar-refractivity contribution in [2.75, 3.05) is 20.7 Å². The Labute approximate surface area is 126 Å². The van der Waals surface area contributed by atoms with Crippen LogP contribution in [0.3, 0.4) is 0 Å². The number of aliphatic imine (C=N–C) groups is 3. The van der Waals surface area contributed by atoms with Gasteiger partial charge in [0, 0.05) is 13.6 Å². The lowest BCUT2D eigenvalue weighted by Gasteiger charge is -2.05. The number of ether oxygens (including phenoxy) is 1. The lowest BCUT2D eigenvalue weighted by atomic mass is 10.1. The third kappa shape index (κ3) is 7.51. The molecule has 0 fully saturated rings. The number of benzene rings is 1. The summed E-state index contributed by atoms with van der Waals surface area (Å²) in [6, 6.07) is 7.85. The van der Waals surface area contributed by atoms with E-state index in [1.807, 2.05) is 24.3 Å². The zero-order valence-corrected chi connectivity index (χ0v) is 12.7. The molecule has 1 rings (SSSR count). The summed E-state index contributed by atoms with van der Waals surface area (Å²) in [4.78, 5) is 11.7. The van der Waals surface area contributed by atoms with E-state index in [4.69, 9.17) is 10.5 Å². The first kappa shape index (κ1) is 18.4. The fourth-order valence-electron chi connectivity index (χ4n) is 1.45. The molecule has 0 saturated heterocycles. The van der Waals surface area contributed by atoms with E-state index in [0.29, 0.717) is 12.5 Å². The molecular weight excluding hydrogens is 266 g/mol. The van der Waals surface area contributed by atoms with E-state index in [1.54, 1.807) is 14.2 Å². The van der Waals surface area contributed by atoms with Crippen LogP contribution >= 0.6 is 0 Å². The largest absolute Gasteiger partial charge is 0.497 e. The van der Waals surface area contributed by atoms with Crippen molar-refractivity contribution in [1.29, 1.82) is 0 Å². The third-order valence-electron chi connectivity index (χ3n) is 2.42. The molecule has 0 atom stereocenters. The van der Waals surface area contributed by atoms with Crippen LogP contribution in [0.15, 0.2) is 52.4 Å². The van der Waals surface area contributed by atoms with Crippen molar-refractivity contribution in [3.63, 3.8) is 0 Å². The summed E-state index contributed by atoms with van der Waals surface area (Å²) >= 11 is 0. The highest BCUT2D eigenvalue weighted by Gasteiger charge is 1.98. The molecule has 0 aromatic heterocycles. The average molecular weight is 289 g/mol. The monoisotopic (exact) mass is 289 g/mol. The smallest absolute Gasteiger partial charge is 0.223 e. The Balaban J connectivity index is 0.00000191. The Morgan fingerprint density at radius 1 is 1.38 bits per heavy atom. The van der Waals surface area contributed by atoms with E-state index in [2.05, 4.69) is 40.2 Å². The van der Waals surface area contributed by atoms with Gasteiger partial charge in [-0.25, -0.2) is 4.99 Å². The van der Waals surface area contributed by atoms with Gasteiger partial charge in [0.1, 0.15) is 5.75 Å². The molecule has 0 amide bonds. The number of nitrogens with one attached hydrogen (secondary N) is 1. The van der Waals surface area contributed by atoms with Gasteiger partial charge in [-0.05, 0) is 30.8 Å². The van der Waals surface area contributed by atoms with Gasteiger partial charge in [0.15, 0.2) is 5.96 Å². The van der Waals surface area contributed by atoms with Crippen molar-refractivity contribution in [1.82, 2.24) is 5.32 Å². The first-order valence-electron chi connectivity index (χ1n) is 6.33. The minimum atomic E-state index is 0.274. The second-order valence-electron chi connectivity index (χ2n) is 3.70. The van der Waals surface area contributed by atoms with Gasteiger partial charge in [-0.3, -0.25) is 15.3 Å². The highest BCUT2D eigenvalue weighted by molar-refractivity contribution is 5.99. The lowest BCUT2D eigenvalue weighted by Crippen LogP contribution is -2.36. The molecule has 0 bridgehead atoms. The standard InChI is InChI=1S/C13H19N5O.C2H4/c1-15-13(16-2)18-12(14)17-8-7-10-5-4-6-11(9-10)19-3;1-2/h4-6,9H,1,7-8H2,2-3H3,(H3,14,16,17,18);1-2H2. The molecule has 0 spiro atoms. The predicted octanol–water partition coefficient (Wildman–Crippen LogP) is 1.63. The molecule has 1 aromatic carbocycles. The SMILES string of the molecule is C=C.C=NC(=NC)NC(N)=NCCc1cccc(OC)c1. The fourth-order valence-corrected chi connectivity index (χ4v) is 1.45. The van der Waals surface area contributed by atoms with Crippen molar-refractivity contribution in [2.24, 2.45) is 20.7 Å². The quantitative estimate of drug-likeness (QED) is 0.502. The Bertz CT molecular complexity index is 497. The number of nitrogens with two attached hydrogens (primary N) is 1. The number of hydrogen-bond acceptors (Lipinski definition) is 3. The number of rotatable bonds is 4. The van der Waals surface area contributed by atoms with E-state index >= 15 is 0 Å². The molecule has 21 heavy (non-hydrogen) atoms. The van der Waals surface area contributed by atoms with Gasteiger partial charge in [-0.1, -0.05) is 12.1 Å². The number of hydrogen-bond donors (Lipinski definition) is 2. The third-order valence-corrected chi connectivity index (χ3v) is 2.42. The van der Waals surface area contributed by atoms with Crippen molar-refractivity contribution in [3.05, 3.63) is 43.0 Å². The van der Waals surface area contributed by atoms with Gasteiger partial charge in [-0.2, -0.15) is 0 Å². The number of guanidine groups is 2. The zero-order chi connectivity index (χ0) is 16.1. The van der Waals surface area contributed by atoms with Crippen LogP contribution in [0.5, 0.6) is 5.75 Å². The van der Waals surface area contributed by atoms with Crippen LogP contribution in [0.4, 0.5) is 0 Å². The Morgan fingerprint density at radius 3 is 2.67 bits per heavy atom. The van der Waals surface area contributed by atoms with Gasteiger partial charge in [0.2, 0.25) is 5.96 Å². The number of methoxy groups -OCH3 is 1. The van der Waals surface area contributed by atoms with Crippen molar-refractivity contribution in [2.45, 2.75) is 6.42 Å². The van der Waals surface area contributed by atoms with E-state index in [9.17, 15) is 0 Å². The minimum Gasteiger partial charge on any atom is -0.497 e. The molecular formula is C15H23N5O. The van der Waals surface area contributed by atoms with E-state index in [1.165, 1.54) is 0 Å². The second-order valence-corrected chi connectivity index (χ2v) is 3.70. The van der Waals surface area contributed by atoms with E-state index in [-0.39, 0.29) is 5.96 Å². The van der Waals surface area contributed by atoms with Crippen molar-refractivity contribution < 1.29 is 4.74 Å². The molecule has 6 heteroatoms. The van der Waals surface area contributed by atoms with Crippen molar-refractivity contribution in [3.8, 4) is 5.75 Å². The highest BCUT2D eigenvalue weighted by Crippen LogP contribution is 2.12. The predicted molar refractivity (Wildman–Crippen MR) is 90.5 cm³/mol. The van der Waals surface area contributed by atoms with E-state index in [0.717, 1.165) is 17.7 Å². The topological polar surface area (TPSA) is 84.4 Å². The maximum Gasteiger partial charge on any atom is 0.223 e. The molecule has 0 radical (unpaired) electrons. The summed E-state index contributed by atoms with van der Waals surface area (Å²) in [6.45, 7) is 9.93. The van der Waals surface area contributed by atoms with Crippen LogP contribution in [0.25, 0.3) is 0 Å². The molecule has 0 aliphatic carbocycles. The Hall–Kier alpha value is -2.63. The summed E-state index contributed by atoms with van der Waals surface area (Å²) in [5, 5.41) is 2.75. The first-order valence-corrected chi connectivity index (χ1v) is 6.33. The van der Waals surface area contributed by atoms with Gasteiger partial charge < -0.3 is 10.5 Å². The molecule has 0 heterocycles. The van der Waals surface area contributed by atoms with Crippen LogP contribution < -0.4 is 15.8 Å². The molecule has 0 saturated carbocycles. The molecule has 0 unspecified atom stereocenters. The average Bonchev–Trinajstić information content (AvgIpc) is 2.54. The van der Waals surface area contributed by atoms with Crippen LogP contribution in [0.1, 0.15) is 5.56 Å². The molecule has 0 aliphatic rings. The van der Waals surface area contributed by atoms with Crippen LogP contribution in [-0.2, 0) is 6.42 Å². The van der Waals surface area contributed by atoms with Gasteiger partial charge in [0.05, 0.1) is 7.11 Å². The fraction of sp³-hybridized carbons (Fsp3) is 0.267. The maximum absolute atomic E-state index is 5.69. The Morgan fingerprint density at radius 2 is 2.10 bits per heavy atom. The summed E-state index contributed by atoms with van der Waals surface area (Å²) < 4.78 is 5.16. The zero-order valence-electron chi connectivity index (χ0n) is 12.7. The van der Waals surface area contributed by atoms with Crippen molar-refractivity contribution >= 4 is 18.6 Å². The van der Waals surface area contributed by atoms with Gasteiger partial charge in [-0.15, -0.1) is 13.2 Å². The van der Waals surface area contributed by atoms with E-state index < -0.39 is 0 Å². The summed E-state index contributed by atoms with van der Waals surface area (Å²) in [7, 11) is 3.24. The van der Waals surface area contributed by atoms with Crippen LogP contribution in [-0.4, -0.2) is 39.3 Å². The molecule has 1 aromatic rings. The Kier molecular flexibility index (Phi) is 9.81. The number of nitrogens with zero attached hydrogens (tertiary/aromatic N) is 3.